The molecule has 0 radical (unpaired) electrons. The van der Waals surface area contributed by atoms with Crippen LogP contribution in [0.25, 0.3) is 0 Å². The molecule has 6 nitrogen and oxygen atoms in total. The first-order chi connectivity index (χ1) is 13.1. The molecule has 1 unspecified atom stereocenters. The summed E-state index contributed by atoms with van der Waals surface area (Å²) < 4.78 is 6.10. The predicted molar refractivity (Wildman–Crippen MR) is 112 cm³/mol. The van der Waals surface area contributed by atoms with Gasteiger partial charge < -0.3 is 20.7 Å². The number of hydrogen-bond donors (Lipinski definition) is 2. The Morgan fingerprint density at radius 2 is 1.96 bits per heavy atom. The van der Waals surface area contributed by atoms with E-state index in [2.05, 4.69) is 5.32 Å². The van der Waals surface area contributed by atoms with Crippen molar-refractivity contribution in [1.82, 2.24) is 10.2 Å². The molecule has 2 aliphatic rings. The standard InChI is InChI=1S/C20H28ClN3O3.ClH/c21-15-7-8-18(27-16-5-1-2-6-16)17(12-15)20(26)24-11-3-4-14(13-24)19(25)23-10-9-22;/h7-8,12,14,16H,1-6,9-11,13,22H2,(H,23,25);1H. The maximum absolute atomic E-state index is 13.2. The zero-order chi connectivity index (χ0) is 19.2. The van der Waals surface area contributed by atoms with E-state index >= 15 is 0 Å². The molecule has 1 aromatic carbocycles. The number of nitrogens with zero attached hydrogens (tertiary/aromatic N) is 1. The molecule has 1 heterocycles. The normalized spacial score (nSPS) is 19.8. The van der Waals surface area contributed by atoms with E-state index in [9.17, 15) is 9.59 Å². The summed E-state index contributed by atoms with van der Waals surface area (Å²) in [5.74, 6) is 0.229. The molecule has 0 spiro atoms. The van der Waals surface area contributed by atoms with Gasteiger partial charge in [-0.3, -0.25) is 9.59 Å². The molecule has 8 heteroatoms. The molecule has 28 heavy (non-hydrogen) atoms. The van der Waals surface area contributed by atoms with Crippen molar-refractivity contribution >= 4 is 35.8 Å². The summed E-state index contributed by atoms with van der Waals surface area (Å²) in [6.07, 6.45) is 6.09. The third-order valence-electron chi connectivity index (χ3n) is 5.29. The maximum Gasteiger partial charge on any atom is 0.257 e. The van der Waals surface area contributed by atoms with Crippen molar-refractivity contribution in [2.24, 2.45) is 11.7 Å². The molecule has 1 aromatic rings. The Balaban J connectivity index is 0.00000280. The lowest BCUT2D eigenvalue weighted by Gasteiger charge is -2.32. The van der Waals surface area contributed by atoms with E-state index < -0.39 is 0 Å². The monoisotopic (exact) mass is 429 g/mol. The van der Waals surface area contributed by atoms with Crippen molar-refractivity contribution in [3.8, 4) is 5.75 Å². The van der Waals surface area contributed by atoms with Gasteiger partial charge in [-0.1, -0.05) is 11.6 Å². The highest BCUT2D eigenvalue weighted by Gasteiger charge is 2.30. The van der Waals surface area contributed by atoms with Crippen LogP contribution in [0.15, 0.2) is 18.2 Å². The quantitative estimate of drug-likeness (QED) is 0.727. The summed E-state index contributed by atoms with van der Waals surface area (Å²) in [5.41, 5.74) is 5.93. The lowest BCUT2D eigenvalue weighted by Crippen LogP contribution is -2.46. The Kier molecular flexibility index (Phi) is 8.86. The first-order valence-electron chi connectivity index (χ1n) is 9.81. The number of rotatable bonds is 6. The highest BCUT2D eigenvalue weighted by Crippen LogP contribution is 2.30. The number of ether oxygens (including phenoxy) is 1. The molecule has 1 saturated heterocycles. The minimum Gasteiger partial charge on any atom is -0.490 e. The van der Waals surface area contributed by atoms with Crippen molar-refractivity contribution in [2.45, 2.75) is 44.6 Å². The molecule has 0 bridgehead atoms. The summed E-state index contributed by atoms with van der Waals surface area (Å²) in [6.45, 7) is 1.90. The van der Waals surface area contributed by atoms with Crippen molar-refractivity contribution in [3.63, 3.8) is 0 Å². The van der Waals surface area contributed by atoms with Gasteiger partial charge in [0.25, 0.3) is 5.91 Å². The Hall–Kier alpha value is -1.50. The second-order valence-electron chi connectivity index (χ2n) is 7.33. The van der Waals surface area contributed by atoms with E-state index in [0.29, 0.717) is 42.5 Å². The fourth-order valence-electron chi connectivity index (χ4n) is 3.84. The largest absolute Gasteiger partial charge is 0.490 e. The lowest BCUT2D eigenvalue weighted by atomic mass is 9.96. The summed E-state index contributed by atoms with van der Waals surface area (Å²) in [6, 6.07) is 5.21. The number of carbonyl (C=O) groups excluding carboxylic acids is 2. The van der Waals surface area contributed by atoms with Crippen LogP contribution in [-0.2, 0) is 4.79 Å². The third kappa shape index (κ3) is 5.75. The number of benzene rings is 1. The van der Waals surface area contributed by atoms with Crippen molar-refractivity contribution < 1.29 is 14.3 Å². The van der Waals surface area contributed by atoms with Crippen LogP contribution in [0.5, 0.6) is 5.75 Å². The highest BCUT2D eigenvalue weighted by molar-refractivity contribution is 6.31. The maximum atomic E-state index is 13.2. The highest BCUT2D eigenvalue weighted by atomic mass is 35.5. The van der Waals surface area contributed by atoms with E-state index in [4.69, 9.17) is 22.1 Å². The van der Waals surface area contributed by atoms with Crippen LogP contribution in [0, 0.1) is 5.92 Å². The van der Waals surface area contributed by atoms with E-state index in [1.165, 1.54) is 0 Å². The van der Waals surface area contributed by atoms with Gasteiger partial charge in [-0.15, -0.1) is 12.4 Å². The zero-order valence-electron chi connectivity index (χ0n) is 16.0. The molecule has 2 amide bonds. The number of piperidine rings is 1. The minimum absolute atomic E-state index is 0. The molecular formula is C20H29Cl2N3O3. The second-order valence-corrected chi connectivity index (χ2v) is 7.77. The molecule has 156 valence electrons. The molecular weight excluding hydrogens is 401 g/mol. The van der Waals surface area contributed by atoms with Crippen molar-refractivity contribution in [2.75, 3.05) is 26.2 Å². The SMILES string of the molecule is Cl.NCCNC(=O)C1CCCN(C(=O)c2cc(Cl)ccc2OC2CCCC2)C1. The van der Waals surface area contributed by atoms with Crippen molar-refractivity contribution in [3.05, 3.63) is 28.8 Å². The van der Waals surface area contributed by atoms with E-state index in [1.807, 2.05) is 0 Å². The van der Waals surface area contributed by atoms with E-state index in [0.717, 1.165) is 38.5 Å². The van der Waals surface area contributed by atoms with Gasteiger partial charge in [0.1, 0.15) is 5.75 Å². The fourth-order valence-corrected chi connectivity index (χ4v) is 4.02. The van der Waals surface area contributed by atoms with Crippen LogP contribution in [-0.4, -0.2) is 49.0 Å². The molecule has 1 saturated carbocycles. The Morgan fingerprint density at radius 1 is 1.21 bits per heavy atom. The number of amides is 2. The summed E-state index contributed by atoms with van der Waals surface area (Å²) in [4.78, 5) is 27.2. The van der Waals surface area contributed by atoms with Crippen LogP contribution in [0.4, 0.5) is 0 Å². The van der Waals surface area contributed by atoms with Gasteiger partial charge >= 0.3 is 0 Å². The minimum atomic E-state index is -0.201. The molecule has 1 atom stereocenters. The molecule has 1 aliphatic heterocycles. The van der Waals surface area contributed by atoms with Crippen molar-refractivity contribution in [1.29, 1.82) is 0 Å². The number of hydrogen-bond acceptors (Lipinski definition) is 4. The molecule has 2 fully saturated rings. The van der Waals surface area contributed by atoms with Crippen LogP contribution >= 0.6 is 24.0 Å². The first-order valence-corrected chi connectivity index (χ1v) is 10.2. The molecule has 0 aromatic heterocycles. The number of nitrogens with two attached hydrogens (primary N) is 1. The van der Waals surface area contributed by atoms with Gasteiger partial charge in [0, 0.05) is 31.2 Å². The summed E-state index contributed by atoms with van der Waals surface area (Å²) >= 11 is 6.15. The van der Waals surface area contributed by atoms with E-state index in [1.54, 1.807) is 23.1 Å². The van der Waals surface area contributed by atoms with Gasteiger partial charge in [-0.2, -0.15) is 0 Å². The topological polar surface area (TPSA) is 84.7 Å². The molecule has 3 rings (SSSR count). The summed E-state index contributed by atoms with van der Waals surface area (Å²) in [7, 11) is 0. The molecule has 1 aliphatic carbocycles. The van der Waals surface area contributed by atoms with Crippen LogP contribution < -0.4 is 15.8 Å². The Labute approximate surface area is 177 Å². The number of carbonyl (C=O) groups is 2. The van der Waals surface area contributed by atoms with Gasteiger partial charge in [-0.05, 0) is 56.7 Å². The first kappa shape index (κ1) is 22.8. The number of nitrogens with one attached hydrogen (secondary N) is 1. The fraction of sp³-hybridized carbons (Fsp3) is 0.600. The predicted octanol–water partition coefficient (Wildman–Crippen LogP) is 3.01. The summed E-state index contributed by atoms with van der Waals surface area (Å²) in [5, 5.41) is 3.33. The lowest BCUT2D eigenvalue weighted by molar-refractivity contribution is -0.126. The average Bonchev–Trinajstić information content (AvgIpc) is 3.20. The van der Waals surface area contributed by atoms with Crippen LogP contribution in [0.2, 0.25) is 5.02 Å². The van der Waals surface area contributed by atoms with Gasteiger partial charge in [0.05, 0.1) is 17.6 Å². The van der Waals surface area contributed by atoms with Crippen LogP contribution in [0.1, 0.15) is 48.9 Å². The number of likely N-dealkylation sites (tertiary alicyclic amines) is 1. The van der Waals surface area contributed by atoms with Gasteiger partial charge in [0.15, 0.2) is 0 Å². The smallest absolute Gasteiger partial charge is 0.257 e. The third-order valence-corrected chi connectivity index (χ3v) is 5.53. The number of halogens is 2. The Morgan fingerprint density at radius 3 is 2.68 bits per heavy atom. The zero-order valence-corrected chi connectivity index (χ0v) is 17.6. The van der Waals surface area contributed by atoms with Gasteiger partial charge in [-0.25, -0.2) is 0 Å². The molecule has 3 N–H and O–H groups in total. The second kappa shape index (κ2) is 10.9. The Bertz CT molecular complexity index is 681. The average molecular weight is 430 g/mol. The van der Waals surface area contributed by atoms with Crippen LogP contribution in [0.3, 0.4) is 0 Å². The van der Waals surface area contributed by atoms with Gasteiger partial charge in [0.2, 0.25) is 5.91 Å². The van der Waals surface area contributed by atoms with E-state index in [-0.39, 0.29) is 36.2 Å².